The van der Waals surface area contributed by atoms with Gasteiger partial charge >= 0.3 is 6.03 Å². The Kier molecular flexibility index (Phi) is 7.84. The minimum atomic E-state index is -2.75. The minimum Gasteiger partial charge on any atom is -0.494 e. The molecule has 2 heterocycles. The first-order valence-corrected chi connectivity index (χ1v) is 11.0. The van der Waals surface area contributed by atoms with Gasteiger partial charge in [0.05, 0.1) is 13.3 Å². The van der Waals surface area contributed by atoms with Crippen LogP contribution in [0.5, 0.6) is 5.75 Å². The van der Waals surface area contributed by atoms with Crippen molar-refractivity contribution in [3.05, 3.63) is 47.8 Å². The summed E-state index contributed by atoms with van der Waals surface area (Å²) in [5.41, 5.74) is 1.57. The molecule has 0 saturated carbocycles. The number of methoxy groups -OCH3 is 1. The molecule has 0 aliphatic carbocycles. The van der Waals surface area contributed by atoms with Crippen molar-refractivity contribution >= 4 is 23.3 Å². The number of amides is 3. The highest BCUT2D eigenvalue weighted by Crippen LogP contribution is 2.33. The smallest absolute Gasteiger partial charge is 0.326 e. The van der Waals surface area contributed by atoms with E-state index in [1.54, 1.807) is 16.7 Å². The zero-order valence-corrected chi connectivity index (χ0v) is 19.3. The zero-order chi connectivity index (χ0) is 24.1. The molecule has 7 nitrogen and oxygen atoms in total. The number of nitrogens with zero attached hydrogens (tertiary/aromatic N) is 3. The van der Waals surface area contributed by atoms with Gasteiger partial charge in [0, 0.05) is 37.8 Å². The maximum Gasteiger partial charge on any atom is 0.326 e. The summed E-state index contributed by atoms with van der Waals surface area (Å²) in [5.74, 6) is 0.300. The van der Waals surface area contributed by atoms with Crippen LogP contribution in [0.4, 0.5) is 25.0 Å². The summed E-state index contributed by atoms with van der Waals surface area (Å²) in [6.45, 7) is 6.77. The fourth-order valence-electron chi connectivity index (χ4n) is 4.12. The largest absolute Gasteiger partial charge is 0.494 e. The molecule has 33 heavy (non-hydrogen) atoms. The Bertz CT molecular complexity index is 991. The summed E-state index contributed by atoms with van der Waals surface area (Å²) in [4.78, 5) is 32.6. The number of para-hydroxylation sites is 1. The monoisotopic (exact) mass is 460 g/mol. The fraction of sp³-hybridized carbons (Fsp3) is 0.458. The third-order valence-electron chi connectivity index (χ3n) is 5.88. The summed E-state index contributed by atoms with van der Waals surface area (Å²) in [7, 11) is 1.35. The number of halogens is 2. The van der Waals surface area contributed by atoms with Gasteiger partial charge in [-0.3, -0.25) is 14.7 Å². The molecular formula is C24H30F2N4O3. The molecule has 0 atom stereocenters. The molecule has 1 fully saturated rings. The van der Waals surface area contributed by atoms with E-state index in [-0.39, 0.29) is 29.3 Å². The predicted octanol–water partition coefficient (Wildman–Crippen LogP) is 5.20. The van der Waals surface area contributed by atoms with E-state index in [4.69, 9.17) is 4.74 Å². The van der Waals surface area contributed by atoms with Gasteiger partial charge in [-0.05, 0) is 30.4 Å². The van der Waals surface area contributed by atoms with Gasteiger partial charge < -0.3 is 15.0 Å². The van der Waals surface area contributed by atoms with Crippen molar-refractivity contribution in [3.63, 3.8) is 0 Å². The number of pyridine rings is 1. The quantitative estimate of drug-likeness (QED) is 0.643. The van der Waals surface area contributed by atoms with Crippen LogP contribution in [-0.2, 0) is 4.79 Å². The molecule has 2 aromatic rings. The number of benzene rings is 1. The highest BCUT2D eigenvalue weighted by molar-refractivity contribution is 6.03. The van der Waals surface area contributed by atoms with Gasteiger partial charge in [0.2, 0.25) is 5.91 Å². The van der Waals surface area contributed by atoms with Crippen LogP contribution in [0.1, 0.15) is 57.2 Å². The second-order valence-corrected chi connectivity index (χ2v) is 8.36. The Hall–Kier alpha value is -3.23. The van der Waals surface area contributed by atoms with Crippen LogP contribution in [0.15, 0.2) is 36.5 Å². The lowest BCUT2D eigenvalue weighted by atomic mass is 9.97. The summed E-state index contributed by atoms with van der Waals surface area (Å²) < 4.78 is 31.3. The molecule has 1 N–H and O–H groups in total. The average molecular weight is 461 g/mol. The van der Waals surface area contributed by atoms with Crippen LogP contribution < -0.4 is 15.0 Å². The zero-order valence-electron chi connectivity index (χ0n) is 19.3. The number of ether oxygens (including phenoxy) is 1. The Labute approximate surface area is 192 Å². The highest BCUT2D eigenvalue weighted by atomic mass is 19.3. The molecule has 0 bridgehead atoms. The van der Waals surface area contributed by atoms with Gasteiger partial charge in [-0.15, -0.1) is 0 Å². The van der Waals surface area contributed by atoms with Crippen LogP contribution >= 0.6 is 0 Å². The molecule has 178 valence electrons. The number of rotatable bonds is 6. The van der Waals surface area contributed by atoms with E-state index in [1.807, 2.05) is 24.3 Å². The van der Waals surface area contributed by atoms with Crippen molar-refractivity contribution in [1.82, 2.24) is 9.88 Å². The van der Waals surface area contributed by atoms with E-state index in [9.17, 15) is 18.4 Å². The van der Waals surface area contributed by atoms with Gasteiger partial charge in [0.1, 0.15) is 17.1 Å². The summed E-state index contributed by atoms with van der Waals surface area (Å²) >= 11 is 0. The topological polar surface area (TPSA) is 74.8 Å². The van der Waals surface area contributed by atoms with Crippen molar-refractivity contribution in [2.24, 2.45) is 0 Å². The summed E-state index contributed by atoms with van der Waals surface area (Å²) in [5, 5.41) is 2.80. The van der Waals surface area contributed by atoms with Gasteiger partial charge in [0.25, 0.3) is 6.43 Å². The fourth-order valence-corrected chi connectivity index (χ4v) is 4.12. The first-order chi connectivity index (χ1) is 15.7. The molecular weight excluding hydrogens is 430 g/mol. The Morgan fingerprint density at radius 2 is 1.88 bits per heavy atom. The van der Waals surface area contributed by atoms with Crippen molar-refractivity contribution < 1.29 is 23.1 Å². The minimum absolute atomic E-state index is 0.0157. The first kappa shape index (κ1) is 24.4. The van der Waals surface area contributed by atoms with Gasteiger partial charge in [0.15, 0.2) is 0 Å². The Morgan fingerprint density at radius 1 is 1.21 bits per heavy atom. The molecule has 1 aliphatic rings. The van der Waals surface area contributed by atoms with Gasteiger partial charge in [-0.1, -0.05) is 32.0 Å². The number of anilines is 2. The molecule has 1 saturated heterocycles. The summed E-state index contributed by atoms with van der Waals surface area (Å²) in [6.07, 6.45) is -0.314. The van der Waals surface area contributed by atoms with Crippen LogP contribution in [-0.4, -0.2) is 48.1 Å². The molecule has 0 radical (unpaired) electrons. The number of nitrogens with one attached hydrogen (secondary N) is 1. The number of carbonyl (C=O) groups is 2. The third-order valence-corrected chi connectivity index (χ3v) is 5.88. The highest BCUT2D eigenvalue weighted by Gasteiger charge is 2.32. The summed E-state index contributed by atoms with van der Waals surface area (Å²) in [6, 6.07) is 8.29. The lowest BCUT2D eigenvalue weighted by molar-refractivity contribution is -0.129. The second-order valence-electron chi connectivity index (χ2n) is 8.36. The number of hydrogen-bond acceptors (Lipinski definition) is 4. The first-order valence-electron chi connectivity index (χ1n) is 11.0. The van der Waals surface area contributed by atoms with Gasteiger partial charge in [-0.25, -0.2) is 13.6 Å². The lowest BCUT2D eigenvalue weighted by Gasteiger charge is -2.39. The second kappa shape index (κ2) is 10.6. The van der Waals surface area contributed by atoms with Gasteiger partial charge in [-0.2, -0.15) is 0 Å². The van der Waals surface area contributed by atoms with Crippen LogP contribution in [0.3, 0.4) is 0 Å². The SMILES string of the molecule is COc1cc(C(F)F)ncc1NC(=O)N(c1ccccc1C(C)C)C1CCN(C(C)=O)CC1. The Morgan fingerprint density at radius 3 is 2.45 bits per heavy atom. The molecule has 3 amide bonds. The predicted molar refractivity (Wildman–Crippen MR) is 123 cm³/mol. The Balaban J connectivity index is 1.95. The molecule has 3 rings (SSSR count). The van der Waals surface area contributed by atoms with Crippen molar-refractivity contribution in [3.8, 4) is 5.75 Å². The van der Waals surface area contributed by atoms with Crippen molar-refractivity contribution in [2.45, 2.75) is 52.0 Å². The molecule has 1 aliphatic heterocycles. The normalized spacial score (nSPS) is 14.5. The third kappa shape index (κ3) is 5.58. The van der Waals surface area contributed by atoms with Crippen molar-refractivity contribution in [2.75, 3.05) is 30.4 Å². The number of urea groups is 1. The number of aromatic nitrogens is 1. The van der Waals surface area contributed by atoms with Crippen LogP contribution in [0, 0.1) is 0 Å². The number of carbonyl (C=O) groups excluding carboxylic acids is 2. The number of likely N-dealkylation sites (tertiary alicyclic amines) is 1. The van der Waals surface area contributed by atoms with E-state index in [2.05, 4.69) is 24.1 Å². The van der Waals surface area contributed by atoms with E-state index in [1.165, 1.54) is 13.3 Å². The molecule has 1 aromatic heterocycles. The maximum atomic E-state index is 13.6. The van der Waals surface area contributed by atoms with E-state index < -0.39 is 18.2 Å². The number of alkyl halides is 2. The number of hydrogen-bond donors (Lipinski definition) is 1. The lowest BCUT2D eigenvalue weighted by Crippen LogP contribution is -2.50. The standard InChI is InChI=1S/C24H30F2N4O3/c1-15(2)18-7-5-6-8-21(18)30(17-9-11-29(12-10-17)16(3)31)24(32)28-20-14-27-19(23(25)26)13-22(20)33-4/h5-8,13-15,17,23H,9-12H2,1-4H3,(H,28,32). The maximum absolute atomic E-state index is 13.6. The molecule has 0 spiro atoms. The number of piperidine rings is 1. The van der Waals surface area contributed by atoms with Crippen molar-refractivity contribution in [1.29, 1.82) is 0 Å². The molecule has 0 unspecified atom stereocenters. The van der Waals surface area contributed by atoms with E-state index >= 15 is 0 Å². The van der Waals surface area contributed by atoms with Crippen LogP contribution in [0.2, 0.25) is 0 Å². The molecule has 9 heteroatoms. The van der Waals surface area contributed by atoms with Crippen LogP contribution in [0.25, 0.3) is 0 Å². The van der Waals surface area contributed by atoms with E-state index in [0.717, 1.165) is 17.3 Å². The molecule has 1 aromatic carbocycles. The van der Waals surface area contributed by atoms with E-state index in [0.29, 0.717) is 25.9 Å². The average Bonchev–Trinajstić information content (AvgIpc) is 2.80.